The summed E-state index contributed by atoms with van der Waals surface area (Å²) >= 11 is 1.68. The molecule has 1 aliphatic rings. The van der Waals surface area contributed by atoms with Gasteiger partial charge >= 0.3 is 0 Å². The minimum atomic E-state index is 0.181. The first kappa shape index (κ1) is 13.3. The van der Waals surface area contributed by atoms with E-state index < -0.39 is 0 Å². The van der Waals surface area contributed by atoms with Crippen molar-refractivity contribution in [3.05, 3.63) is 51.5 Å². The smallest absolute Gasteiger partial charge is 0.223 e. The predicted molar refractivity (Wildman–Crippen MR) is 80.7 cm³/mol. The van der Waals surface area contributed by atoms with Gasteiger partial charge in [0.2, 0.25) is 5.91 Å². The Morgan fingerprint density at radius 1 is 1.35 bits per heavy atom. The van der Waals surface area contributed by atoms with Crippen LogP contribution in [0.15, 0.2) is 30.5 Å². The molecule has 0 unspecified atom stereocenters. The van der Waals surface area contributed by atoms with Crippen molar-refractivity contribution >= 4 is 17.2 Å². The van der Waals surface area contributed by atoms with Gasteiger partial charge in [-0.25, -0.2) is 4.98 Å². The van der Waals surface area contributed by atoms with Gasteiger partial charge in [0, 0.05) is 23.4 Å². The Bertz CT molecular complexity index is 599. The zero-order valence-corrected chi connectivity index (χ0v) is 12.4. The number of nitrogens with zero attached hydrogens (tertiary/aromatic N) is 1. The second kappa shape index (κ2) is 5.75. The van der Waals surface area contributed by atoms with E-state index in [2.05, 4.69) is 41.5 Å². The van der Waals surface area contributed by atoms with Crippen LogP contribution in [0.2, 0.25) is 0 Å². The molecule has 1 saturated carbocycles. The highest BCUT2D eigenvalue weighted by Gasteiger charge is 2.29. The van der Waals surface area contributed by atoms with Gasteiger partial charge < -0.3 is 5.32 Å². The summed E-state index contributed by atoms with van der Waals surface area (Å²) in [6.45, 7) is 2.66. The van der Waals surface area contributed by atoms with Gasteiger partial charge in [0.15, 0.2) is 0 Å². The molecule has 1 aliphatic carbocycles. The normalized spacial score (nSPS) is 14.2. The average molecular weight is 286 g/mol. The zero-order chi connectivity index (χ0) is 13.9. The minimum absolute atomic E-state index is 0.181. The molecule has 1 fully saturated rings. The second-order valence-corrected chi connectivity index (χ2v) is 6.57. The van der Waals surface area contributed by atoms with Crippen LogP contribution in [0.25, 0.3) is 0 Å². The van der Waals surface area contributed by atoms with Gasteiger partial charge in [0.25, 0.3) is 0 Å². The first-order chi connectivity index (χ1) is 9.70. The number of nitrogens with one attached hydrogen (secondary N) is 1. The number of carbonyl (C=O) groups is 1. The SMILES string of the molecule is Cc1ccc(Cc2cnc(CNC(=O)C3CC3)s2)cc1. The highest BCUT2D eigenvalue weighted by molar-refractivity contribution is 7.11. The summed E-state index contributed by atoms with van der Waals surface area (Å²) in [4.78, 5) is 17.2. The van der Waals surface area contributed by atoms with Gasteiger partial charge in [-0.2, -0.15) is 0 Å². The molecule has 1 aromatic heterocycles. The van der Waals surface area contributed by atoms with Crippen molar-refractivity contribution in [3.8, 4) is 0 Å². The number of hydrogen-bond donors (Lipinski definition) is 1. The minimum Gasteiger partial charge on any atom is -0.349 e. The first-order valence-electron chi connectivity index (χ1n) is 6.97. The highest BCUT2D eigenvalue weighted by Crippen LogP contribution is 2.29. The number of thiazole rings is 1. The van der Waals surface area contributed by atoms with Gasteiger partial charge in [-0.15, -0.1) is 11.3 Å². The van der Waals surface area contributed by atoms with E-state index in [1.54, 1.807) is 11.3 Å². The van der Waals surface area contributed by atoms with Gasteiger partial charge in [-0.3, -0.25) is 4.79 Å². The van der Waals surface area contributed by atoms with E-state index in [9.17, 15) is 4.79 Å². The average Bonchev–Trinajstić information content (AvgIpc) is 3.20. The first-order valence-corrected chi connectivity index (χ1v) is 7.79. The van der Waals surface area contributed by atoms with Crippen LogP contribution in [0.4, 0.5) is 0 Å². The van der Waals surface area contributed by atoms with Crippen LogP contribution < -0.4 is 5.32 Å². The van der Waals surface area contributed by atoms with Crippen molar-refractivity contribution in [1.29, 1.82) is 0 Å². The molecule has 1 N–H and O–H groups in total. The summed E-state index contributed by atoms with van der Waals surface area (Å²) in [6, 6.07) is 8.58. The molecule has 1 amide bonds. The Balaban J connectivity index is 1.55. The highest BCUT2D eigenvalue weighted by atomic mass is 32.1. The lowest BCUT2D eigenvalue weighted by Gasteiger charge is -2.00. The van der Waals surface area contributed by atoms with E-state index in [1.807, 2.05) is 6.20 Å². The van der Waals surface area contributed by atoms with Crippen molar-refractivity contribution in [1.82, 2.24) is 10.3 Å². The standard InChI is InChI=1S/C16H18N2OS/c1-11-2-4-12(5-3-11)8-14-9-17-15(20-14)10-18-16(19)13-6-7-13/h2-5,9,13H,6-8,10H2,1H3,(H,18,19). The van der Waals surface area contributed by atoms with Crippen LogP contribution in [0.1, 0.15) is 33.9 Å². The number of aryl methyl sites for hydroxylation is 1. The summed E-state index contributed by atoms with van der Waals surface area (Å²) in [5, 5.41) is 3.94. The molecular weight excluding hydrogens is 268 g/mol. The maximum atomic E-state index is 11.6. The summed E-state index contributed by atoms with van der Waals surface area (Å²) in [7, 11) is 0. The Morgan fingerprint density at radius 2 is 2.10 bits per heavy atom. The topological polar surface area (TPSA) is 42.0 Å². The van der Waals surface area contributed by atoms with Crippen LogP contribution in [-0.2, 0) is 17.8 Å². The summed E-state index contributed by atoms with van der Waals surface area (Å²) in [5.74, 6) is 0.447. The quantitative estimate of drug-likeness (QED) is 0.918. The van der Waals surface area contributed by atoms with Crippen molar-refractivity contribution in [2.45, 2.75) is 32.7 Å². The fourth-order valence-corrected chi connectivity index (χ4v) is 2.97. The Labute approximate surface area is 123 Å². The predicted octanol–water partition coefficient (Wildman–Crippen LogP) is 3.07. The maximum Gasteiger partial charge on any atom is 0.223 e. The second-order valence-electron chi connectivity index (χ2n) is 5.37. The number of amides is 1. The molecule has 0 aliphatic heterocycles. The number of aromatic nitrogens is 1. The van der Waals surface area contributed by atoms with Crippen LogP contribution in [0.3, 0.4) is 0 Å². The third-order valence-electron chi connectivity index (χ3n) is 3.46. The van der Waals surface area contributed by atoms with E-state index in [-0.39, 0.29) is 11.8 Å². The van der Waals surface area contributed by atoms with Crippen molar-refractivity contribution < 1.29 is 4.79 Å². The Kier molecular flexibility index (Phi) is 3.83. The third-order valence-corrected chi connectivity index (χ3v) is 4.46. The third kappa shape index (κ3) is 3.45. The lowest BCUT2D eigenvalue weighted by molar-refractivity contribution is -0.122. The van der Waals surface area contributed by atoms with E-state index in [0.29, 0.717) is 6.54 Å². The Morgan fingerprint density at radius 3 is 2.80 bits per heavy atom. The molecular formula is C16H18N2OS. The molecule has 104 valence electrons. The van der Waals surface area contributed by atoms with Crippen LogP contribution in [0.5, 0.6) is 0 Å². The Hall–Kier alpha value is -1.68. The zero-order valence-electron chi connectivity index (χ0n) is 11.6. The summed E-state index contributed by atoms with van der Waals surface area (Å²) < 4.78 is 0. The van der Waals surface area contributed by atoms with Crippen molar-refractivity contribution in [3.63, 3.8) is 0 Å². The van der Waals surface area contributed by atoms with Gasteiger partial charge in [0.05, 0.1) is 6.54 Å². The van der Waals surface area contributed by atoms with E-state index in [4.69, 9.17) is 0 Å². The van der Waals surface area contributed by atoms with Gasteiger partial charge in [-0.1, -0.05) is 29.8 Å². The van der Waals surface area contributed by atoms with E-state index >= 15 is 0 Å². The molecule has 0 atom stereocenters. The number of rotatable bonds is 5. The van der Waals surface area contributed by atoms with Gasteiger partial charge in [-0.05, 0) is 25.3 Å². The molecule has 0 radical (unpaired) electrons. The van der Waals surface area contributed by atoms with E-state index in [1.165, 1.54) is 16.0 Å². The molecule has 0 spiro atoms. The molecule has 3 rings (SSSR count). The number of carbonyl (C=O) groups excluding carboxylic acids is 1. The molecule has 0 saturated heterocycles. The monoisotopic (exact) mass is 286 g/mol. The fourth-order valence-electron chi connectivity index (χ4n) is 2.07. The largest absolute Gasteiger partial charge is 0.349 e. The molecule has 1 aromatic carbocycles. The van der Waals surface area contributed by atoms with Crippen LogP contribution >= 0.6 is 11.3 Å². The molecule has 4 heteroatoms. The molecule has 1 heterocycles. The molecule has 20 heavy (non-hydrogen) atoms. The molecule has 3 nitrogen and oxygen atoms in total. The van der Waals surface area contributed by atoms with Crippen molar-refractivity contribution in [2.75, 3.05) is 0 Å². The number of hydrogen-bond acceptors (Lipinski definition) is 3. The lowest BCUT2D eigenvalue weighted by Crippen LogP contribution is -2.23. The van der Waals surface area contributed by atoms with E-state index in [0.717, 1.165) is 24.3 Å². The van der Waals surface area contributed by atoms with Crippen molar-refractivity contribution in [2.24, 2.45) is 5.92 Å². The molecule has 2 aromatic rings. The van der Waals surface area contributed by atoms with Gasteiger partial charge in [0.1, 0.15) is 5.01 Å². The summed E-state index contributed by atoms with van der Waals surface area (Å²) in [6.07, 6.45) is 4.92. The lowest BCUT2D eigenvalue weighted by atomic mass is 10.1. The maximum absolute atomic E-state index is 11.6. The van der Waals surface area contributed by atoms with Crippen LogP contribution in [0, 0.1) is 12.8 Å². The number of benzene rings is 1. The van der Waals surface area contributed by atoms with Crippen LogP contribution in [-0.4, -0.2) is 10.9 Å². The molecule has 0 bridgehead atoms. The fraction of sp³-hybridized carbons (Fsp3) is 0.375. The summed E-state index contributed by atoms with van der Waals surface area (Å²) in [5.41, 5.74) is 2.58.